The van der Waals surface area contributed by atoms with Crippen molar-refractivity contribution in [3.8, 4) is 11.7 Å². The van der Waals surface area contributed by atoms with Gasteiger partial charge in [-0.2, -0.15) is 0 Å². The van der Waals surface area contributed by atoms with E-state index in [1.807, 2.05) is 0 Å². The van der Waals surface area contributed by atoms with Gasteiger partial charge in [0, 0.05) is 36.3 Å². The Morgan fingerprint density at radius 1 is 1.29 bits per heavy atom. The van der Waals surface area contributed by atoms with Crippen molar-refractivity contribution >= 4 is 5.91 Å². The van der Waals surface area contributed by atoms with Crippen LogP contribution in [-0.4, -0.2) is 29.0 Å². The Morgan fingerprint density at radius 3 is 2.75 bits per heavy atom. The van der Waals surface area contributed by atoms with Crippen LogP contribution >= 0.6 is 0 Å². The summed E-state index contributed by atoms with van der Waals surface area (Å²) in [7, 11) is 0. The molecule has 3 atom stereocenters. The van der Waals surface area contributed by atoms with Crippen LogP contribution < -0.4 is 15.4 Å². The quantitative estimate of drug-likeness (QED) is 0.897. The van der Waals surface area contributed by atoms with Gasteiger partial charge < -0.3 is 19.8 Å². The summed E-state index contributed by atoms with van der Waals surface area (Å²) in [6, 6.07) is 3.56. The lowest BCUT2D eigenvalue weighted by atomic mass is 9.95. The second-order valence-electron chi connectivity index (χ2n) is 6.05. The van der Waals surface area contributed by atoms with Crippen LogP contribution in [-0.2, 0) is 0 Å². The lowest BCUT2D eigenvalue weighted by Crippen LogP contribution is -2.43. The molecule has 2 aromatic rings. The van der Waals surface area contributed by atoms with Crippen LogP contribution in [0, 0.1) is 11.6 Å². The van der Waals surface area contributed by atoms with Gasteiger partial charge in [0.1, 0.15) is 23.6 Å². The first kappa shape index (κ1) is 15.1. The normalized spacial score (nSPS) is 25.0. The first-order valence-electron chi connectivity index (χ1n) is 7.73. The highest BCUT2D eigenvalue weighted by Crippen LogP contribution is 2.29. The molecule has 2 fully saturated rings. The molecule has 2 bridgehead atoms. The molecular formula is C16H15F2N3O3. The van der Waals surface area contributed by atoms with Gasteiger partial charge in [0.15, 0.2) is 0 Å². The predicted molar refractivity (Wildman–Crippen MR) is 78.8 cm³/mol. The SMILES string of the molecule is O=C(NC1CC2CCC1N2)c1ncc(Oc2cc(F)cc(F)c2)o1. The molecule has 2 aliphatic rings. The summed E-state index contributed by atoms with van der Waals surface area (Å²) in [6.07, 6.45) is 4.26. The van der Waals surface area contributed by atoms with Gasteiger partial charge >= 0.3 is 11.9 Å². The fraction of sp³-hybridized carbons (Fsp3) is 0.375. The summed E-state index contributed by atoms with van der Waals surface area (Å²) in [4.78, 5) is 16.0. The van der Waals surface area contributed by atoms with E-state index in [1.54, 1.807) is 0 Å². The number of benzene rings is 1. The summed E-state index contributed by atoms with van der Waals surface area (Å²) in [5, 5.41) is 6.31. The maximum absolute atomic E-state index is 13.1. The lowest BCUT2D eigenvalue weighted by molar-refractivity contribution is 0.0890. The number of ether oxygens (including phenoxy) is 1. The molecule has 1 aromatic heterocycles. The second-order valence-corrected chi connectivity index (χ2v) is 6.05. The van der Waals surface area contributed by atoms with Crippen LogP contribution in [0.1, 0.15) is 29.9 Å². The van der Waals surface area contributed by atoms with Crippen LogP contribution in [0.15, 0.2) is 28.8 Å². The number of hydrogen-bond acceptors (Lipinski definition) is 5. The number of fused-ring (bicyclic) bond motifs is 2. The summed E-state index contributed by atoms with van der Waals surface area (Å²) < 4.78 is 36.7. The molecule has 3 heterocycles. The summed E-state index contributed by atoms with van der Waals surface area (Å²) >= 11 is 0. The zero-order valence-electron chi connectivity index (χ0n) is 12.6. The predicted octanol–water partition coefficient (Wildman–Crippen LogP) is 2.37. The van der Waals surface area contributed by atoms with E-state index in [-0.39, 0.29) is 23.6 Å². The molecule has 0 saturated carbocycles. The molecule has 2 saturated heterocycles. The zero-order chi connectivity index (χ0) is 16.7. The van der Waals surface area contributed by atoms with Crippen LogP contribution in [0.5, 0.6) is 11.7 Å². The number of nitrogens with one attached hydrogen (secondary N) is 2. The first-order chi connectivity index (χ1) is 11.6. The molecule has 0 radical (unpaired) electrons. The van der Waals surface area contributed by atoms with Gasteiger partial charge in [-0.3, -0.25) is 4.79 Å². The first-order valence-corrected chi connectivity index (χ1v) is 7.73. The third kappa shape index (κ3) is 2.96. The van der Waals surface area contributed by atoms with E-state index in [1.165, 1.54) is 6.20 Å². The van der Waals surface area contributed by atoms with E-state index in [0.717, 1.165) is 37.5 Å². The van der Waals surface area contributed by atoms with Crippen molar-refractivity contribution < 1.29 is 22.7 Å². The Balaban J connectivity index is 1.41. The van der Waals surface area contributed by atoms with E-state index < -0.39 is 17.5 Å². The Bertz CT molecular complexity index is 759. The highest BCUT2D eigenvalue weighted by atomic mass is 19.1. The Morgan fingerprint density at radius 2 is 2.08 bits per heavy atom. The lowest BCUT2D eigenvalue weighted by Gasteiger charge is -2.20. The number of oxazole rings is 1. The van der Waals surface area contributed by atoms with Crippen LogP contribution in [0.25, 0.3) is 0 Å². The maximum atomic E-state index is 13.1. The van der Waals surface area contributed by atoms with Crippen molar-refractivity contribution in [2.75, 3.05) is 0 Å². The van der Waals surface area contributed by atoms with Crippen LogP contribution in [0.3, 0.4) is 0 Å². The fourth-order valence-electron chi connectivity index (χ4n) is 3.33. The number of amides is 1. The van der Waals surface area contributed by atoms with Crippen molar-refractivity contribution in [3.05, 3.63) is 41.9 Å². The van der Waals surface area contributed by atoms with E-state index >= 15 is 0 Å². The number of carbonyl (C=O) groups excluding carboxylic acids is 1. The summed E-state index contributed by atoms with van der Waals surface area (Å²) in [5.74, 6) is -2.32. The number of aromatic nitrogens is 1. The van der Waals surface area contributed by atoms with Crippen molar-refractivity contribution in [2.24, 2.45) is 0 Å². The van der Waals surface area contributed by atoms with Crippen molar-refractivity contribution in [2.45, 2.75) is 37.4 Å². The van der Waals surface area contributed by atoms with Gasteiger partial charge in [-0.25, -0.2) is 13.8 Å². The molecule has 24 heavy (non-hydrogen) atoms. The molecule has 6 nitrogen and oxygen atoms in total. The van der Waals surface area contributed by atoms with Crippen molar-refractivity contribution in [1.29, 1.82) is 0 Å². The molecule has 2 N–H and O–H groups in total. The Hall–Kier alpha value is -2.48. The average molecular weight is 335 g/mol. The minimum atomic E-state index is -0.772. The molecule has 0 aliphatic carbocycles. The van der Waals surface area contributed by atoms with Gasteiger partial charge in [0.2, 0.25) is 0 Å². The third-order valence-corrected chi connectivity index (χ3v) is 4.35. The van der Waals surface area contributed by atoms with Gasteiger partial charge in [-0.15, -0.1) is 0 Å². The van der Waals surface area contributed by atoms with Gasteiger partial charge in [-0.1, -0.05) is 0 Å². The molecule has 4 rings (SSSR count). The summed E-state index contributed by atoms with van der Waals surface area (Å²) in [5.41, 5.74) is 0. The molecule has 3 unspecified atom stereocenters. The van der Waals surface area contributed by atoms with E-state index in [4.69, 9.17) is 9.15 Å². The maximum Gasteiger partial charge on any atom is 0.311 e. The zero-order valence-corrected chi connectivity index (χ0v) is 12.6. The Kier molecular flexibility index (Phi) is 3.68. The highest BCUT2D eigenvalue weighted by Gasteiger charge is 2.40. The molecular weight excluding hydrogens is 320 g/mol. The molecule has 8 heteroatoms. The minimum absolute atomic E-state index is 0.0600. The third-order valence-electron chi connectivity index (χ3n) is 4.35. The average Bonchev–Trinajstić information content (AvgIpc) is 3.22. The molecule has 0 spiro atoms. The van der Waals surface area contributed by atoms with Gasteiger partial charge in [0.25, 0.3) is 5.89 Å². The monoisotopic (exact) mass is 335 g/mol. The van der Waals surface area contributed by atoms with E-state index in [2.05, 4.69) is 15.6 Å². The fourth-order valence-corrected chi connectivity index (χ4v) is 3.33. The number of rotatable bonds is 4. The van der Waals surface area contributed by atoms with Crippen molar-refractivity contribution in [1.82, 2.24) is 15.6 Å². The van der Waals surface area contributed by atoms with Crippen LogP contribution in [0.2, 0.25) is 0 Å². The topological polar surface area (TPSA) is 76.4 Å². The smallest absolute Gasteiger partial charge is 0.311 e. The van der Waals surface area contributed by atoms with E-state index in [0.29, 0.717) is 12.1 Å². The molecule has 1 amide bonds. The van der Waals surface area contributed by atoms with E-state index in [9.17, 15) is 13.6 Å². The largest absolute Gasteiger partial charge is 0.425 e. The second kappa shape index (κ2) is 5.86. The Labute approximate surface area is 136 Å². The number of nitrogens with zero attached hydrogens (tertiary/aromatic N) is 1. The minimum Gasteiger partial charge on any atom is -0.425 e. The van der Waals surface area contributed by atoms with Gasteiger partial charge in [-0.05, 0) is 19.3 Å². The highest BCUT2D eigenvalue weighted by molar-refractivity contribution is 5.90. The molecule has 1 aromatic carbocycles. The molecule has 126 valence electrons. The van der Waals surface area contributed by atoms with Gasteiger partial charge in [0.05, 0.1) is 0 Å². The number of carbonyl (C=O) groups is 1. The number of hydrogen-bond donors (Lipinski definition) is 2. The number of halogens is 2. The standard InChI is InChI=1S/C16H15F2N3O3/c17-8-3-9(18)5-11(4-8)23-14-7-19-16(24-14)15(22)21-13-6-10-1-2-12(13)20-10/h3-5,7,10,12-13,20H,1-2,6H2,(H,21,22). The van der Waals surface area contributed by atoms with Crippen molar-refractivity contribution in [3.63, 3.8) is 0 Å². The van der Waals surface area contributed by atoms with Crippen LogP contribution in [0.4, 0.5) is 8.78 Å². The summed E-state index contributed by atoms with van der Waals surface area (Å²) in [6.45, 7) is 0. The molecule has 2 aliphatic heterocycles.